The first-order valence-corrected chi connectivity index (χ1v) is 7.91. The molecular weight excluding hydrogens is 308 g/mol. The lowest BCUT2D eigenvalue weighted by molar-refractivity contribution is -0.132. The number of carbonyl (C=O) groups is 1. The predicted octanol–water partition coefficient (Wildman–Crippen LogP) is -0.00106. The Labute approximate surface area is 139 Å². The van der Waals surface area contributed by atoms with Crippen LogP contribution in [0.2, 0.25) is 0 Å². The van der Waals surface area contributed by atoms with Crippen molar-refractivity contribution in [2.75, 3.05) is 31.1 Å². The molecule has 0 aliphatic carbocycles. The second kappa shape index (κ2) is 6.77. The van der Waals surface area contributed by atoms with Gasteiger partial charge in [-0.25, -0.2) is 4.68 Å². The molecule has 8 nitrogen and oxygen atoms in total. The van der Waals surface area contributed by atoms with E-state index in [-0.39, 0.29) is 18.0 Å². The Bertz CT molecular complexity index is 778. The third-order valence-corrected chi connectivity index (χ3v) is 4.03. The van der Waals surface area contributed by atoms with E-state index in [0.717, 1.165) is 11.5 Å². The van der Waals surface area contributed by atoms with Crippen LogP contribution in [-0.4, -0.2) is 57.0 Å². The van der Waals surface area contributed by atoms with Crippen molar-refractivity contribution in [1.82, 2.24) is 24.9 Å². The number of amides is 1. The van der Waals surface area contributed by atoms with Crippen LogP contribution < -0.4 is 10.5 Å². The van der Waals surface area contributed by atoms with Gasteiger partial charge in [0.2, 0.25) is 5.91 Å². The Hall–Kier alpha value is -2.77. The molecule has 0 N–H and O–H groups in total. The van der Waals surface area contributed by atoms with Gasteiger partial charge in [-0.15, -0.1) is 5.10 Å². The average Bonchev–Trinajstić information content (AvgIpc) is 2.59. The van der Waals surface area contributed by atoms with Crippen molar-refractivity contribution in [3.63, 3.8) is 0 Å². The molecule has 3 heterocycles. The maximum absolute atomic E-state index is 12.4. The minimum absolute atomic E-state index is 0.0230. The highest BCUT2D eigenvalue weighted by Crippen LogP contribution is 2.12. The fourth-order valence-electron chi connectivity index (χ4n) is 2.64. The minimum atomic E-state index is -0.262. The summed E-state index contributed by atoms with van der Waals surface area (Å²) in [6.45, 7) is 6.24. The van der Waals surface area contributed by atoms with Gasteiger partial charge in [-0.05, 0) is 32.0 Å². The van der Waals surface area contributed by atoms with Gasteiger partial charge in [-0.3, -0.25) is 9.59 Å². The molecule has 1 fully saturated rings. The van der Waals surface area contributed by atoms with Crippen molar-refractivity contribution < 1.29 is 4.79 Å². The summed E-state index contributed by atoms with van der Waals surface area (Å²) in [5.41, 5.74) is 1.33. The number of aromatic nitrogens is 4. The van der Waals surface area contributed by atoms with Crippen LogP contribution in [0.5, 0.6) is 0 Å². The molecule has 1 saturated heterocycles. The monoisotopic (exact) mass is 328 g/mol. The fourth-order valence-corrected chi connectivity index (χ4v) is 2.64. The van der Waals surface area contributed by atoms with Crippen molar-refractivity contribution in [2.45, 2.75) is 20.4 Å². The summed E-state index contributed by atoms with van der Waals surface area (Å²) in [4.78, 5) is 28.0. The summed E-state index contributed by atoms with van der Waals surface area (Å²) in [6.07, 6.45) is 0. The first kappa shape index (κ1) is 16.1. The van der Waals surface area contributed by atoms with Gasteiger partial charge >= 0.3 is 0 Å². The molecule has 2 aromatic rings. The molecular formula is C16H20N6O2. The predicted molar refractivity (Wildman–Crippen MR) is 88.8 cm³/mol. The topological polar surface area (TPSA) is 84.2 Å². The Morgan fingerprint density at radius 1 is 1.00 bits per heavy atom. The Balaban J connectivity index is 1.60. The molecule has 126 valence electrons. The minimum Gasteiger partial charge on any atom is -0.352 e. The molecule has 0 aromatic carbocycles. The second-order valence-corrected chi connectivity index (χ2v) is 5.87. The smallest absolute Gasteiger partial charge is 0.267 e. The molecule has 24 heavy (non-hydrogen) atoms. The van der Waals surface area contributed by atoms with Gasteiger partial charge < -0.3 is 9.80 Å². The highest BCUT2D eigenvalue weighted by Gasteiger charge is 2.22. The first-order valence-electron chi connectivity index (χ1n) is 7.91. The number of hydrogen-bond donors (Lipinski definition) is 0. The van der Waals surface area contributed by atoms with Gasteiger partial charge in [0.25, 0.3) is 5.56 Å². The molecule has 8 heteroatoms. The lowest BCUT2D eigenvalue weighted by Crippen LogP contribution is -2.50. The molecule has 1 aliphatic rings. The largest absolute Gasteiger partial charge is 0.352 e. The van der Waals surface area contributed by atoms with Crippen LogP contribution in [0.3, 0.4) is 0 Å². The lowest BCUT2D eigenvalue weighted by Gasteiger charge is -2.35. The molecule has 0 atom stereocenters. The first-order chi connectivity index (χ1) is 11.5. The summed E-state index contributed by atoms with van der Waals surface area (Å²) in [5.74, 6) is 0.731. The number of nitrogens with zero attached hydrogens (tertiary/aromatic N) is 6. The number of hydrogen-bond acceptors (Lipinski definition) is 6. The van der Waals surface area contributed by atoms with Crippen LogP contribution in [0.25, 0.3) is 0 Å². The summed E-state index contributed by atoms with van der Waals surface area (Å²) >= 11 is 0. The van der Waals surface area contributed by atoms with Crippen LogP contribution in [0.15, 0.2) is 29.1 Å². The molecule has 0 bridgehead atoms. The Morgan fingerprint density at radius 3 is 2.38 bits per heavy atom. The van der Waals surface area contributed by atoms with Gasteiger partial charge in [0.1, 0.15) is 6.54 Å². The van der Waals surface area contributed by atoms with Crippen LogP contribution in [0, 0.1) is 13.8 Å². The maximum atomic E-state index is 12.4. The van der Waals surface area contributed by atoms with E-state index < -0.39 is 0 Å². The SMILES string of the molecule is Cc1ccc(N2CCN(C(=O)Cn3nc(C)ccc3=O)CC2)nn1. The zero-order chi connectivity index (χ0) is 17.1. The molecule has 0 spiro atoms. The molecule has 1 amide bonds. The van der Waals surface area contributed by atoms with E-state index in [1.807, 2.05) is 19.1 Å². The fraction of sp³-hybridized carbons (Fsp3) is 0.438. The standard InChI is InChI=1S/C16H20N6O2/c1-12-3-5-14(18-17-12)20-7-9-21(10-8-20)16(24)11-22-15(23)6-4-13(2)19-22/h3-6H,7-11H2,1-2H3. The zero-order valence-electron chi connectivity index (χ0n) is 13.8. The van der Waals surface area contributed by atoms with E-state index in [9.17, 15) is 9.59 Å². The highest BCUT2D eigenvalue weighted by molar-refractivity contribution is 5.76. The van der Waals surface area contributed by atoms with E-state index in [1.165, 1.54) is 10.7 Å². The normalized spacial score (nSPS) is 14.8. The van der Waals surface area contributed by atoms with Gasteiger partial charge in [0.15, 0.2) is 5.82 Å². The molecule has 3 rings (SSSR count). The quantitative estimate of drug-likeness (QED) is 0.788. The zero-order valence-corrected chi connectivity index (χ0v) is 13.8. The highest BCUT2D eigenvalue weighted by atomic mass is 16.2. The molecule has 0 saturated carbocycles. The summed E-state index contributed by atoms with van der Waals surface area (Å²) in [5, 5.41) is 12.3. The van der Waals surface area contributed by atoms with Gasteiger partial charge in [0, 0.05) is 32.2 Å². The molecule has 1 aliphatic heterocycles. The van der Waals surface area contributed by atoms with Crippen LogP contribution in [0.1, 0.15) is 11.4 Å². The van der Waals surface area contributed by atoms with Gasteiger partial charge in [-0.1, -0.05) is 0 Å². The number of rotatable bonds is 3. The number of aryl methyl sites for hydroxylation is 2. The third-order valence-electron chi connectivity index (χ3n) is 4.03. The van der Waals surface area contributed by atoms with E-state index in [4.69, 9.17) is 0 Å². The van der Waals surface area contributed by atoms with Crippen molar-refractivity contribution in [2.24, 2.45) is 0 Å². The van der Waals surface area contributed by atoms with E-state index in [2.05, 4.69) is 20.2 Å². The summed E-state index contributed by atoms with van der Waals surface area (Å²) < 4.78 is 1.22. The van der Waals surface area contributed by atoms with Crippen LogP contribution in [0.4, 0.5) is 5.82 Å². The van der Waals surface area contributed by atoms with Crippen LogP contribution >= 0.6 is 0 Å². The van der Waals surface area contributed by atoms with Crippen molar-refractivity contribution >= 4 is 11.7 Å². The Kier molecular flexibility index (Phi) is 4.54. The maximum Gasteiger partial charge on any atom is 0.267 e. The van der Waals surface area contributed by atoms with E-state index >= 15 is 0 Å². The second-order valence-electron chi connectivity index (χ2n) is 5.87. The van der Waals surface area contributed by atoms with Crippen molar-refractivity contribution in [3.05, 3.63) is 46.0 Å². The van der Waals surface area contributed by atoms with E-state index in [1.54, 1.807) is 17.9 Å². The lowest BCUT2D eigenvalue weighted by atomic mass is 10.3. The number of carbonyl (C=O) groups excluding carboxylic acids is 1. The van der Waals surface area contributed by atoms with Gasteiger partial charge in [0.05, 0.1) is 11.4 Å². The number of piperazine rings is 1. The summed E-state index contributed by atoms with van der Waals surface area (Å²) in [6, 6.07) is 6.94. The molecule has 0 unspecified atom stereocenters. The molecule has 0 radical (unpaired) electrons. The van der Waals surface area contributed by atoms with E-state index in [0.29, 0.717) is 31.9 Å². The Morgan fingerprint density at radius 2 is 1.71 bits per heavy atom. The molecule has 2 aromatic heterocycles. The van der Waals surface area contributed by atoms with Crippen molar-refractivity contribution in [1.29, 1.82) is 0 Å². The van der Waals surface area contributed by atoms with Crippen molar-refractivity contribution in [3.8, 4) is 0 Å². The summed E-state index contributed by atoms with van der Waals surface area (Å²) in [7, 11) is 0. The average molecular weight is 328 g/mol. The number of anilines is 1. The van der Waals surface area contributed by atoms with Gasteiger partial charge in [-0.2, -0.15) is 10.2 Å². The van der Waals surface area contributed by atoms with Crippen LogP contribution in [-0.2, 0) is 11.3 Å². The third kappa shape index (κ3) is 3.58.